The summed E-state index contributed by atoms with van der Waals surface area (Å²) in [5.41, 5.74) is 7.52. The van der Waals surface area contributed by atoms with E-state index >= 15 is 0 Å². The zero-order valence-corrected chi connectivity index (χ0v) is 11.5. The van der Waals surface area contributed by atoms with E-state index < -0.39 is 0 Å². The van der Waals surface area contributed by atoms with E-state index in [0.29, 0.717) is 16.7 Å². The third-order valence-corrected chi connectivity index (χ3v) is 3.73. The van der Waals surface area contributed by atoms with Gasteiger partial charge >= 0.3 is 0 Å². The SMILES string of the molecule is Nc1sccc1-c1nc(-c2ccc(Br)cc2)no1. The Labute approximate surface area is 116 Å². The summed E-state index contributed by atoms with van der Waals surface area (Å²) < 4.78 is 6.24. The number of nitrogens with two attached hydrogens (primary N) is 1. The van der Waals surface area contributed by atoms with Crippen LogP contribution in [0.1, 0.15) is 0 Å². The van der Waals surface area contributed by atoms with Gasteiger partial charge in [-0.05, 0) is 35.7 Å². The van der Waals surface area contributed by atoms with Gasteiger partial charge in [0.05, 0.1) is 10.6 Å². The molecule has 0 aliphatic carbocycles. The minimum Gasteiger partial charge on any atom is -0.390 e. The summed E-state index contributed by atoms with van der Waals surface area (Å²) in [6.07, 6.45) is 0. The van der Waals surface area contributed by atoms with Crippen LogP contribution in [0.2, 0.25) is 0 Å². The van der Waals surface area contributed by atoms with Gasteiger partial charge in [0, 0.05) is 10.0 Å². The number of anilines is 1. The molecule has 0 aliphatic rings. The van der Waals surface area contributed by atoms with Crippen molar-refractivity contribution in [3.8, 4) is 22.8 Å². The lowest BCUT2D eigenvalue weighted by atomic mass is 10.2. The molecule has 2 N–H and O–H groups in total. The van der Waals surface area contributed by atoms with Crippen LogP contribution in [0.3, 0.4) is 0 Å². The molecular formula is C12H8BrN3OS. The largest absolute Gasteiger partial charge is 0.390 e. The number of nitrogen functional groups attached to an aromatic ring is 1. The highest BCUT2D eigenvalue weighted by Gasteiger charge is 2.13. The zero-order chi connectivity index (χ0) is 12.5. The molecule has 4 nitrogen and oxygen atoms in total. The molecule has 2 aromatic heterocycles. The van der Waals surface area contributed by atoms with E-state index in [1.165, 1.54) is 11.3 Å². The quantitative estimate of drug-likeness (QED) is 0.779. The topological polar surface area (TPSA) is 64.9 Å². The highest BCUT2D eigenvalue weighted by molar-refractivity contribution is 9.10. The van der Waals surface area contributed by atoms with Crippen LogP contribution in [-0.4, -0.2) is 10.1 Å². The van der Waals surface area contributed by atoms with E-state index in [-0.39, 0.29) is 0 Å². The highest BCUT2D eigenvalue weighted by atomic mass is 79.9. The number of nitrogens with zero attached hydrogens (tertiary/aromatic N) is 2. The van der Waals surface area contributed by atoms with Crippen LogP contribution < -0.4 is 5.73 Å². The number of benzene rings is 1. The summed E-state index contributed by atoms with van der Waals surface area (Å²) in [7, 11) is 0. The molecule has 3 rings (SSSR count). The van der Waals surface area contributed by atoms with Crippen molar-refractivity contribution in [2.75, 3.05) is 5.73 Å². The molecule has 0 atom stereocenters. The van der Waals surface area contributed by atoms with Crippen molar-refractivity contribution in [2.24, 2.45) is 0 Å². The van der Waals surface area contributed by atoms with Crippen LogP contribution >= 0.6 is 27.3 Å². The van der Waals surface area contributed by atoms with Crippen LogP contribution in [0.25, 0.3) is 22.8 Å². The summed E-state index contributed by atoms with van der Waals surface area (Å²) in [4.78, 5) is 4.35. The van der Waals surface area contributed by atoms with Gasteiger partial charge < -0.3 is 10.3 Å². The average molecular weight is 322 g/mol. The fraction of sp³-hybridized carbons (Fsp3) is 0. The Hall–Kier alpha value is -1.66. The van der Waals surface area contributed by atoms with Gasteiger partial charge in [0.25, 0.3) is 5.89 Å². The van der Waals surface area contributed by atoms with Crippen LogP contribution in [0, 0.1) is 0 Å². The third kappa shape index (κ3) is 2.04. The van der Waals surface area contributed by atoms with Gasteiger partial charge in [-0.3, -0.25) is 0 Å². The van der Waals surface area contributed by atoms with E-state index in [1.807, 2.05) is 35.7 Å². The monoisotopic (exact) mass is 321 g/mol. The van der Waals surface area contributed by atoms with Gasteiger partial charge in [-0.1, -0.05) is 21.1 Å². The zero-order valence-electron chi connectivity index (χ0n) is 9.13. The van der Waals surface area contributed by atoms with E-state index in [1.54, 1.807) is 0 Å². The second kappa shape index (κ2) is 4.55. The molecule has 18 heavy (non-hydrogen) atoms. The van der Waals surface area contributed by atoms with Crippen LogP contribution in [0.5, 0.6) is 0 Å². The molecule has 0 radical (unpaired) electrons. The van der Waals surface area contributed by atoms with Gasteiger partial charge in [0.2, 0.25) is 5.82 Å². The number of rotatable bonds is 2. The maximum Gasteiger partial charge on any atom is 0.261 e. The molecule has 90 valence electrons. The van der Waals surface area contributed by atoms with Crippen molar-refractivity contribution in [1.82, 2.24) is 10.1 Å². The Kier molecular flexibility index (Phi) is 2.89. The van der Waals surface area contributed by atoms with Crippen molar-refractivity contribution < 1.29 is 4.52 Å². The van der Waals surface area contributed by atoms with Crippen molar-refractivity contribution in [1.29, 1.82) is 0 Å². The molecule has 1 aromatic carbocycles. The molecule has 0 amide bonds. The number of aromatic nitrogens is 2. The van der Waals surface area contributed by atoms with Crippen LogP contribution in [0.15, 0.2) is 44.7 Å². The first kappa shape index (κ1) is 11.4. The molecule has 3 aromatic rings. The fourth-order valence-electron chi connectivity index (χ4n) is 1.55. The molecule has 0 saturated heterocycles. The van der Waals surface area contributed by atoms with Crippen molar-refractivity contribution in [3.05, 3.63) is 40.2 Å². The lowest BCUT2D eigenvalue weighted by molar-refractivity contribution is 0.432. The van der Waals surface area contributed by atoms with Gasteiger partial charge in [-0.25, -0.2) is 0 Å². The number of halogens is 1. The van der Waals surface area contributed by atoms with Gasteiger partial charge in [-0.2, -0.15) is 4.98 Å². The normalized spacial score (nSPS) is 10.7. The lowest BCUT2D eigenvalue weighted by Gasteiger charge is -1.93. The van der Waals surface area contributed by atoms with E-state index in [4.69, 9.17) is 10.3 Å². The molecule has 0 bridgehead atoms. The van der Waals surface area contributed by atoms with Crippen molar-refractivity contribution in [2.45, 2.75) is 0 Å². The highest BCUT2D eigenvalue weighted by Crippen LogP contribution is 2.30. The van der Waals surface area contributed by atoms with Crippen molar-refractivity contribution >= 4 is 32.3 Å². The Balaban J connectivity index is 1.99. The molecule has 2 heterocycles. The van der Waals surface area contributed by atoms with E-state index in [0.717, 1.165) is 15.6 Å². The molecule has 6 heteroatoms. The molecule has 0 spiro atoms. The first-order chi connectivity index (χ1) is 8.74. The maximum absolute atomic E-state index is 5.82. The molecule has 0 saturated carbocycles. The van der Waals surface area contributed by atoms with Crippen LogP contribution in [0.4, 0.5) is 5.00 Å². The van der Waals surface area contributed by atoms with Gasteiger partial charge in [0.1, 0.15) is 0 Å². The lowest BCUT2D eigenvalue weighted by Crippen LogP contribution is -1.84. The maximum atomic E-state index is 5.82. The van der Waals surface area contributed by atoms with E-state index in [2.05, 4.69) is 26.1 Å². The number of hydrogen-bond donors (Lipinski definition) is 1. The fourth-order valence-corrected chi connectivity index (χ4v) is 2.44. The predicted octanol–water partition coefficient (Wildman–Crippen LogP) is 3.81. The molecule has 0 unspecified atom stereocenters. The number of thiophene rings is 1. The standard InChI is InChI=1S/C12H8BrN3OS/c13-8-3-1-7(2-4-8)11-15-12(17-16-11)9-5-6-18-10(9)14/h1-6H,14H2. The van der Waals surface area contributed by atoms with Crippen molar-refractivity contribution in [3.63, 3.8) is 0 Å². The summed E-state index contributed by atoms with van der Waals surface area (Å²) in [5, 5.41) is 6.54. The van der Waals surface area contributed by atoms with Gasteiger partial charge in [0.15, 0.2) is 0 Å². The third-order valence-electron chi connectivity index (χ3n) is 2.45. The average Bonchev–Trinajstić information content (AvgIpc) is 2.98. The smallest absolute Gasteiger partial charge is 0.261 e. The number of hydrogen-bond acceptors (Lipinski definition) is 5. The minimum atomic E-state index is 0.451. The second-order valence-corrected chi connectivity index (χ2v) is 5.49. The van der Waals surface area contributed by atoms with Gasteiger partial charge in [-0.15, -0.1) is 11.3 Å². The Morgan fingerprint density at radius 1 is 1.17 bits per heavy atom. The summed E-state index contributed by atoms with van der Waals surface area (Å²) >= 11 is 4.83. The molecule has 0 fully saturated rings. The molecule has 0 aliphatic heterocycles. The Bertz CT molecular complexity index is 675. The van der Waals surface area contributed by atoms with E-state index in [9.17, 15) is 0 Å². The Morgan fingerprint density at radius 2 is 1.94 bits per heavy atom. The van der Waals surface area contributed by atoms with Crippen LogP contribution in [-0.2, 0) is 0 Å². The predicted molar refractivity (Wildman–Crippen MR) is 75.2 cm³/mol. The first-order valence-corrected chi connectivity index (χ1v) is 6.84. The second-order valence-electron chi connectivity index (χ2n) is 3.63. The first-order valence-electron chi connectivity index (χ1n) is 5.17. The summed E-state index contributed by atoms with van der Waals surface area (Å²) in [5.74, 6) is 1.01. The minimum absolute atomic E-state index is 0.451. The summed E-state index contributed by atoms with van der Waals surface area (Å²) in [6, 6.07) is 9.60. The molecular weight excluding hydrogens is 314 g/mol. The summed E-state index contributed by atoms with van der Waals surface area (Å²) in [6.45, 7) is 0. The Morgan fingerprint density at radius 3 is 2.61 bits per heavy atom.